The third-order valence-electron chi connectivity index (χ3n) is 5.18. The summed E-state index contributed by atoms with van der Waals surface area (Å²) in [7, 11) is 0. The number of rotatable bonds is 4. The molecule has 0 aliphatic rings. The maximum Gasteiger partial charge on any atom is 0.274 e. The van der Waals surface area contributed by atoms with E-state index in [0.717, 1.165) is 27.4 Å². The van der Waals surface area contributed by atoms with Gasteiger partial charge in [0.2, 0.25) is 0 Å². The first-order valence-corrected chi connectivity index (χ1v) is 9.55. The second kappa shape index (κ2) is 7.80. The van der Waals surface area contributed by atoms with E-state index in [9.17, 15) is 18.7 Å². The van der Waals surface area contributed by atoms with Crippen molar-refractivity contribution in [3.63, 3.8) is 0 Å². The van der Waals surface area contributed by atoms with Crippen molar-refractivity contribution >= 4 is 10.8 Å². The molecule has 0 amide bonds. The van der Waals surface area contributed by atoms with Gasteiger partial charge in [0, 0.05) is 22.6 Å². The molecule has 4 nitrogen and oxygen atoms in total. The Labute approximate surface area is 172 Å². The van der Waals surface area contributed by atoms with Gasteiger partial charge in [-0.3, -0.25) is 4.79 Å². The lowest BCUT2D eigenvalue weighted by Gasteiger charge is -2.16. The van der Waals surface area contributed by atoms with Gasteiger partial charge in [0.05, 0.1) is 17.6 Å². The van der Waals surface area contributed by atoms with Crippen LogP contribution in [0.3, 0.4) is 0 Å². The number of nitrogens with zero attached hydrogens (tertiary/aromatic N) is 2. The Balaban J connectivity index is 1.88. The van der Waals surface area contributed by atoms with Gasteiger partial charge in [-0.1, -0.05) is 42.0 Å². The summed E-state index contributed by atoms with van der Waals surface area (Å²) >= 11 is 0. The number of benzene rings is 3. The van der Waals surface area contributed by atoms with Crippen LogP contribution in [0.25, 0.3) is 22.0 Å². The second-order valence-corrected chi connectivity index (χ2v) is 7.38. The zero-order chi connectivity index (χ0) is 21.4. The Hall–Kier alpha value is -3.38. The largest absolute Gasteiger partial charge is 0.386 e. The quantitative estimate of drug-likeness (QED) is 0.535. The first-order chi connectivity index (χ1) is 14.3. The molecule has 0 radical (unpaired) electrons. The van der Waals surface area contributed by atoms with Crippen LogP contribution in [-0.2, 0) is 6.54 Å². The minimum absolute atomic E-state index is 0.0912. The van der Waals surface area contributed by atoms with Crippen LogP contribution in [0.15, 0.2) is 65.5 Å². The lowest BCUT2D eigenvalue weighted by Crippen LogP contribution is -2.27. The number of aromatic nitrogens is 2. The standard InChI is InChI=1S/C24H20F2N2O2/c1-14-7-8-15(2)20(11-14)23-17-5-3-4-6-18(17)24(30)28(27-23)13-22(29)19-10-9-16(25)12-21(19)26/h3-12,22,29H,13H2,1-2H3/t22-/m0/s1. The summed E-state index contributed by atoms with van der Waals surface area (Å²) in [5, 5.41) is 16.2. The van der Waals surface area contributed by atoms with E-state index < -0.39 is 17.7 Å². The molecule has 1 N–H and O–H groups in total. The Morgan fingerprint density at radius 2 is 1.73 bits per heavy atom. The van der Waals surface area contributed by atoms with Crippen LogP contribution in [-0.4, -0.2) is 14.9 Å². The van der Waals surface area contributed by atoms with Crippen LogP contribution in [0.2, 0.25) is 0 Å². The normalized spacial score (nSPS) is 12.3. The van der Waals surface area contributed by atoms with Crippen LogP contribution in [0.4, 0.5) is 8.78 Å². The van der Waals surface area contributed by atoms with E-state index in [1.807, 2.05) is 44.2 Å². The molecule has 0 saturated carbocycles. The molecule has 3 aromatic carbocycles. The third kappa shape index (κ3) is 3.62. The summed E-state index contributed by atoms with van der Waals surface area (Å²) in [6.45, 7) is 3.68. The third-order valence-corrected chi connectivity index (χ3v) is 5.18. The molecule has 0 bridgehead atoms. The Bertz CT molecular complexity index is 1310. The van der Waals surface area contributed by atoms with Crippen molar-refractivity contribution in [3.05, 3.63) is 99.3 Å². The summed E-state index contributed by atoms with van der Waals surface area (Å²) < 4.78 is 28.4. The lowest BCUT2D eigenvalue weighted by atomic mass is 9.99. The van der Waals surface area contributed by atoms with Gasteiger partial charge in [-0.2, -0.15) is 5.10 Å². The molecular weight excluding hydrogens is 386 g/mol. The Kier molecular flexibility index (Phi) is 5.18. The monoisotopic (exact) mass is 406 g/mol. The number of aryl methyl sites for hydroxylation is 2. The highest BCUT2D eigenvalue weighted by atomic mass is 19.1. The number of fused-ring (bicyclic) bond motifs is 1. The average Bonchev–Trinajstić information content (AvgIpc) is 2.72. The maximum absolute atomic E-state index is 14.1. The number of hydrogen-bond donors (Lipinski definition) is 1. The molecule has 0 spiro atoms. The van der Waals surface area contributed by atoms with Gasteiger partial charge < -0.3 is 5.11 Å². The van der Waals surface area contributed by atoms with E-state index in [2.05, 4.69) is 5.10 Å². The topological polar surface area (TPSA) is 55.1 Å². The lowest BCUT2D eigenvalue weighted by molar-refractivity contribution is 0.145. The van der Waals surface area contributed by atoms with Crippen molar-refractivity contribution in [1.82, 2.24) is 9.78 Å². The second-order valence-electron chi connectivity index (χ2n) is 7.38. The van der Waals surface area contributed by atoms with E-state index in [1.54, 1.807) is 12.1 Å². The SMILES string of the molecule is Cc1ccc(C)c(-c2nn(C[C@H](O)c3ccc(F)cc3F)c(=O)c3ccccc23)c1. The molecule has 0 fully saturated rings. The maximum atomic E-state index is 14.1. The first-order valence-electron chi connectivity index (χ1n) is 9.55. The average molecular weight is 406 g/mol. The smallest absolute Gasteiger partial charge is 0.274 e. The van der Waals surface area contributed by atoms with Crippen molar-refractivity contribution in [2.24, 2.45) is 0 Å². The molecule has 0 saturated heterocycles. The molecule has 4 rings (SSSR count). The van der Waals surface area contributed by atoms with Crippen LogP contribution >= 0.6 is 0 Å². The van der Waals surface area contributed by atoms with Gasteiger partial charge >= 0.3 is 0 Å². The first kappa shape index (κ1) is 19.9. The van der Waals surface area contributed by atoms with Gasteiger partial charge in [0.1, 0.15) is 17.7 Å². The van der Waals surface area contributed by atoms with Crippen molar-refractivity contribution in [2.45, 2.75) is 26.5 Å². The molecular formula is C24H20F2N2O2. The summed E-state index contributed by atoms with van der Waals surface area (Å²) in [6.07, 6.45) is -1.36. The van der Waals surface area contributed by atoms with Gasteiger partial charge in [-0.05, 0) is 37.6 Å². The van der Waals surface area contributed by atoms with Gasteiger partial charge in [0.25, 0.3) is 5.56 Å². The fourth-order valence-electron chi connectivity index (χ4n) is 3.58. The van der Waals surface area contributed by atoms with Crippen molar-refractivity contribution in [2.75, 3.05) is 0 Å². The number of halogens is 2. The van der Waals surface area contributed by atoms with E-state index in [0.29, 0.717) is 22.5 Å². The molecule has 0 unspecified atom stereocenters. The zero-order valence-corrected chi connectivity index (χ0v) is 16.6. The minimum atomic E-state index is -1.36. The van der Waals surface area contributed by atoms with Gasteiger partial charge in [-0.25, -0.2) is 13.5 Å². The van der Waals surface area contributed by atoms with Crippen molar-refractivity contribution < 1.29 is 13.9 Å². The molecule has 152 valence electrons. The zero-order valence-electron chi connectivity index (χ0n) is 16.6. The molecule has 6 heteroatoms. The Morgan fingerprint density at radius 1 is 1.00 bits per heavy atom. The highest BCUT2D eigenvalue weighted by molar-refractivity contribution is 5.94. The van der Waals surface area contributed by atoms with Gasteiger partial charge in [0.15, 0.2) is 0 Å². The number of hydrogen-bond acceptors (Lipinski definition) is 3. The van der Waals surface area contributed by atoms with Crippen LogP contribution in [0.1, 0.15) is 22.8 Å². The fourth-order valence-corrected chi connectivity index (χ4v) is 3.58. The summed E-state index contributed by atoms with van der Waals surface area (Å²) in [6, 6.07) is 16.1. The molecule has 1 atom stereocenters. The molecule has 4 aromatic rings. The van der Waals surface area contributed by atoms with Crippen LogP contribution in [0, 0.1) is 25.5 Å². The minimum Gasteiger partial charge on any atom is -0.386 e. The molecule has 0 aliphatic heterocycles. The van der Waals surface area contributed by atoms with Crippen molar-refractivity contribution in [3.8, 4) is 11.3 Å². The predicted octanol–water partition coefficient (Wildman–Crippen LogP) is 4.69. The van der Waals surface area contributed by atoms with Crippen LogP contribution < -0.4 is 5.56 Å². The van der Waals surface area contributed by atoms with E-state index in [-0.39, 0.29) is 17.7 Å². The Morgan fingerprint density at radius 3 is 2.47 bits per heavy atom. The number of aliphatic hydroxyl groups is 1. The highest BCUT2D eigenvalue weighted by Gasteiger charge is 2.19. The summed E-state index contributed by atoms with van der Waals surface area (Å²) in [4.78, 5) is 13.0. The van der Waals surface area contributed by atoms with E-state index in [1.165, 1.54) is 6.07 Å². The number of aliphatic hydroxyl groups excluding tert-OH is 1. The van der Waals surface area contributed by atoms with Crippen molar-refractivity contribution in [1.29, 1.82) is 0 Å². The molecule has 30 heavy (non-hydrogen) atoms. The highest BCUT2D eigenvalue weighted by Crippen LogP contribution is 2.29. The predicted molar refractivity (Wildman–Crippen MR) is 112 cm³/mol. The molecule has 1 heterocycles. The van der Waals surface area contributed by atoms with E-state index in [4.69, 9.17) is 0 Å². The van der Waals surface area contributed by atoms with E-state index >= 15 is 0 Å². The molecule has 1 aromatic heterocycles. The summed E-state index contributed by atoms with van der Waals surface area (Å²) in [5.74, 6) is -1.60. The fraction of sp³-hybridized carbons (Fsp3) is 0.167. The van der Waals surface area contributed by atoms with Gasteiger partial charge in [-0.15, -0.1) is 0 Å². The van der Waals surface area contributed by atoms with Crippen LogP contribution in [0.5, 0.6) is 0 Å². The molecule has 0 aliphatic carbocycles. The summed E-state index contributed by atoms with van der Waals surface area (Å²) in [5.41, 5.74) is 3.05.